The van der Waals surface area contributed by atoms with Crippen LogP contribution >= 0.6 is 0 Å². The average molecular weight is 509 g/mol. The molecule has 3 aromatic rings. The predicted octanol–water partition coefficient (Wildman–Crippen LogP) is 6.83. The van der Waals surface area contributed by atoms with Gasteiger partial charge >= 0.3 is 5.97 Å². The fraction of sp³-hybridized carbons (Fsp3) is 0.250. The molecular formula is C32H32N2O4. The molecule has 2 aliphatic rings. The topological polar surface area (TPSA) is 78.9 Å². The molecule has 0 aliphatic carbocycles. The quantitative estimate of drug-likeness (QED) is 0.366. The number of allylic oxidation sites excluding steroid dienone is 2. The second-order valence-electron chi connectivity index (χ2n) is 10.1. The largest absolute Gasteiger partial charge is 0.478 e. The zero-order valence-electron chi connectivity index (χ0n) is 22.0. The number of likely N-dealkylation sites (tertiary alicyclic amines) is 1. The van der Waals surface area contributed by atoms with Crippen molar-refractivity contribution >= 4 is 28.9 Å². The number of para-hydroxylation sites is 1. The third-order valence-electron chi connectivity index (χ3n) is 7.34. The van der Waals surface area contributed by atoms with Crippen molar-refractivity contribution in [3.05, 3.63) is 106 Å². The van der Waals surface area contributed by atoms with E-state index < -0.39 is 5.97 Å². The fourth-order valence-corrected chi connectivity index (χ4v) is 5.21. The summed E-state index contributed by atoms with van der Waals surface area (Å²) in [6.45, 7) is 11.9. The van der Waals surface area contributed by atoms with Crippen LogP contribution in [0, 0.1) is 6.92 Å². The molecule has 3 aromatic carbocycles. The molecule has 6 heteroatoms. The number of ether oxygens (including phenoxy) is 1. The molecule has 194 valence electrons. The van der Waals surface area contributed by atoms with E-state index in [1.165, 1.54) is 0 Å². The number of amides is 1. The van der Waals surface area contributed by atoms with Gasteiger partial charge < -0.3 is 20.1 Å². The fourth-order valence-electron chi connectivity index (χ4n) is 5.21. The van der Waals surface area contributed by atoms with Gasteiger partial charge in [0.1, 0.15) is 11.5 Å². The van der Waals surface area contributed by atoms with Crippen molar-refractivity contribution < 1.29 is 19.4 Å². The number of rotatable bonds is 7. The van der Waals surface area contributed by atoms with Gasteiger partial charge in [-0.25, -0.2) is 4.79 Å². The molecule has 0 bridgehead atoms. The number of aryl methyl sites for hydroxylation is 1. The summed E-state index contributed by atoms with van der Waals surface area (Å²) in [7, 11) is 0. The number of hydrogen-bond donors (Lipinski definition) is 2. The van der Waals surface area contributed by atoms with Crippen molar-refractivity contribution in [3.8, 4) is 5.75 Å². The van der Waals surface area contributed by atoms with Crippen molar-refractivity contribution in [1.82, 2.24) is 4.90 Å². The normalized spacial score (nSPS) is 15.8. The van der Waals surface area contributed by atoms with Crippen molar-refractivity contribution in [2.75, 3.05) is 11.9 Å². The minimum absolute atomic E-state index is 0.215. The van der Waals surface area contributed by atoms with Gasteiger partial charge in [-0.1, -0.05) is 49.0 Å². The molecule has 1 amide bonds. The third kappa shape index (κ3) is 4.82. The number of carbonyl (C=O) groups is 2. The van der Waals surface area contributed by atoms with Gasteiger partial charge in [0.15, 0.2) is 0 Å². The van der Waals surface area contributed by atoms with E-state index in [4.69, 9.17) is 4.74 Å². The first-order valence-corrected chi connectivity index (χ1v) is 12.9. The van der Waals surface area contributed by atoms with E-state index in [1.54, 1.807) is 18.2 Å². The number of nitrogens with zero attached hydrogens (tertiary/aromatic N) is 1. The lowest BCUT2D eigenvalue weighted by atomic mass is 9.89. The van der Waals surface area contributed by atoms with E-state index in [2.05, 4.69) is 24.0 Å². The van der Waals surface area contributed by atoms with Crippen LogP contribution in [-0.4, -0.2) is 28.4 Å². The minimum Gasteiger partial charge on any atom is -0.478 e. The molecule has 0 saturated carbocycles. The predicted molar refractivity (Wildman–Crippen MR) is 150 cm³/mol. The van der Waals surface area contributed by atoms with Crippen LogP contribution in [0.3, 0.4) is 0 Å². The maximum Gasteiger partial charge on any atom is 0.337 e. The van der Waals surface area contributed by atoms with Crippen LogP contribution in [-0.2, 0) is 11.3 Å². The first kappa shape index (κ1) is 25.3. The Labute approximate surface area is 223 Å². The molecule has 2 aliphatic heterocycles. The highest BCUT2D eigenvalue weighted by atomic mass is 16.5. The molecule has 1 atom stereocenters. The van der Waals surface area contributed by atoms with Gasteiger partial charge in [-0.3, -0.25) is 4.79 Å². The number of anilines is 1. The van der Waals surface area contributed by atoms with Gasteiger partial charge in [0.25, 0.3) is 0 Å². The Hall–Kier alpha value is -4.32. The molecule has 2 N–H and O–H groups in total. The van der Waals surface area contributed by atoms with Crippen LogP contribution in [0.5, 0.6) is 5.75 Å². The number of nitrogens with one attached hydrogen (secondary N) is 1. The Bertz CT molecular complexity index is 1470. The van der Waals surface area contributed by atoms with Gasteiger partial charge in [0, 0.05) is 41.9 Å². The van der Waals surface area contributed by atoms with Crippen molar-refractivity contribution in [2.24, 2.45) is 0 Å². The molecule has 2 heterocycles. The molecule has 1 saturated heterocycles. The SMILES string of the molecule is C=C1C(C)=C(c2ccc(CN3CCCC3=O)cc2)Oc2c1cc(C)cc2C(C)Nc1ccccc1C(=O)O. The Morgan fingerprint density at radius 3 is 2.55 bits per heavy atom. The smallest absolute Gasteiger partial charge is 0.337 e. The van der Waals surface area contributed by atoms with E-state index in [9.17, 15) is 14.7 Å². The van der Waals surface area contributed by atoms with Crippen LogP contribution in [0.15, 0.2) is 72.8 Å². The van der Waals surface area contributed by atoms with Crippen LogP contribution < -0.4 is 10.1 Å². The van der Waals surface area contributed by atoms with E-state index in [0.29, 0.717) is 18.7 Å². The Balaban J connectivity index is 1.45. The molecular weight excluding hydrogens is 476 g/mol. The number of aromatic carboxylic acids is 1. The van der Waals surface area contributed by atoms with Gasteiger partial charge in [-0.2, -0.15) is 0 Å². The lowest BCUT2D eigenvalue weighted by Gasteiger charge is -2.29. The van der Waals surface area contributed by atoms with Gasteiger partial charge in [0.05, 0.1) is 11.6 Å². The maximum absolute atomic E-state index is 12.0. The number of benzene rings is 3. The van der Waals surface area contributed by atoms with Crippen LogP contribution in [0.4, 0.5) is 5.69 Å². The summed E-state index contributed by atoms with van der Waals surface area (Å²) >= 11 is 0. The Morgan fingerprint density at radius 2 is 1.87 bits per heavy atom. The van der Waals surface area contributed by atoms with Crippen LogP contribution in [0.2, 0.25) is 0 Å². The monoisotopic (exact) mass is 508 g/mol. The summed E-state index contributed by atoms with van der Waals surface area (Å²) in [4.78, 5) is 25.7. The van der Waals surface area contributed by atoms with Gasteiger partial charge in [-0.05, 0) is 67.7 Å². The van der Waals surface area contributed by atoms with E-state index in [0.717, 1.165) is 63.4 Å². The summed E-state index contributed by atoms with van der Waals surface area (Å²) in [5.74, 6) is 0.706. The molecule has 1 unspecified atom stereocenters. The van der Waals surface area contributed by atoms with Gasteiger partial charge in [0.2, 0.25) is 5.91 Å². The van der Waals surface area contributed by atoms with Crippen LogP contribution in [0.25, 0.3) is 11.3 Å². The molecule has 0 aromatic heterocycles. The molecule has 1 fully saturated rings. The zero-order chi connectivity index (χ0) is 27.0. The third-order valence-corrected chi connectivity index (χ3v) is 7.34. The molecule has 0 spiro atoms. The average Bonchev–Trinajstić information content (AvgIpc) is 3.30. The standard InChI is InChI=1S/C32H32N2O4/c1-19-16-26-20(2)21(3)30(24-13-11-23(12-14-24)18-34-15-7-10-29(34)35)38-31(26)27(17-19)22(4)33-28-9-6-5-8-25(28)32(36)37/h5-6,8-9,11-14,16-17,22,33H,2,7,10,15,18H2,1,3-4H3,(H,36,37). The zero-order valence-corrected chi connectivity index (χ0v) is 22.0. The van der Waals surface area contributed by atoms with Crippen molar-refractivity contribution in [3.63, 3.8) is 0 Å². The summed E-state index contributed by atoms with van der Waals surface area (Å²) in [6, 6.07) is 19.0. The van der Waals surface area contributed by atoms with E-state index in [-0.39, 0.29) is 17.5 Å². The van der Waals surface area contributed by atoms with Crippen molar-refractivity contribution in [1.29, 1.82) is 0 Å². The number of fused-ring (bicyclic) bond motifs is 1. The number of carboxylic acids is 1. The highest BCUT2D eigenvalue weighted by Crippen LogP contribution is 2.45. The molecule has 5 rings (SSSR count). The first-order chi connectivity index (χ1) is 18.2. The van der Waals surface area contributed by atoms with Crippen molar-refractivity contribution in [2.45, 2.75) is 46.2 Å². The summed E-state index contributed by atoms with van der Waals surface area (Å²) in [5.41, 5.74) is 7.60. The van der Waals surface area contributed by atoms with E-state index >= 15 is 0 Å². The second-order valence-corrected chi connectivity index (χ2v) is 10.1. The van der Waals surface area contributed by atoms with Crippen LogP contribution in [0.1, 0.15) is 70.9 Å². The van der Waals surface area contributed by atoms with Gasteiger partial charge in [-0.15, -0.1) is 0 Å². The molecule has 0 radical (unpaired) electrons. The Kier molecular flexibility index (Phi) is 6.81. The minimum atomic E-state index is -0.977. The number of carbonyl (C=O) groups excluding carboxylic acids is 1. The summed E-state index contributed by atoms with van der Waals surface area (Å²) < 4.78 is 6.61. The summed E-state index contributed by atoms with van der Waals surface area (Å²) in [5, 5.41) is 13.0. The number of hydrogen-bond acceptors (Lipinski definition) is 4. The second kappa shape index (κ2) is 10.2. The lowest BCUT2D eigenvalue weighted by molar-refractivity contribution is -0.128. The summed E-state index contributed by atoms with van der Waals surface area (Å²) in [6.07, 6.45) is 1.56. The highest BCUT2D eigenvalue weighted by molar-refractivity contribution is 5.95. The lowest BCUT2D eigenvalue weighted by Crippen LogP contribution is -2.23. The first-order valence-electron chi connectivity index (χ1n) is 12.9. The van der Waals surface area contributed by atoms with E-state index in [1.807, 2.05) is 56.0 Å². The maximum atomic E-state index is 12.0. The molecule has 38 heavy (non-hydrogen) atoms. The highest BCUT2D eigenvalue weighted by Gasteiger charge is 2.27. The Morgan fingerprint density at radius 1 is 1.13 bits per heavy atom. The molecule has 6 nitrogen and oxygen atoms in total. The number of carboxylic acid groups (broad SMARTS) is 1.